The molecule has 0 amide bonds. The number of hydrogen-bond acceptors (Lipinski definition) is 3. The van der Waals surface area contributed by atoms with E-state index in [9.17, 15) is 0 Å². The first-order chi connectivity index (χ1) is 9.26. The Balaban J connectivity index is 2.09. The Morgan fingerprint density at radius 1 is 1.47 bits per heavy atom. The summed E-state index contributed by atoms with van der Waals surface area (Å²) in [5.41, 5.74) is 1.22. The van der Waals surface area contributed by atoms with Crippen LogP contribution in [-0.4, -0.2) is 37.0 Å². The molecule has 2 aliphatic rings. The highest BCUT2D eigenvalue weighted by Gasteiger charge is 2.29. The summed E-state index contributed by atoms with van der Waals surface area (Å²) in [5, 5.41) is 7.19. The molecule has 3 nitrogen and oxygen atoms in total. The van der Waals surface area contributed by atoms with Crippen LogP contribution in [0.15, 0.2) is 5.10 Å². The van der Waals surface area contributed by atoms with Gasteiger partial charge < -0.3 is 4.74 Å². The molecule has 3 heteroatoms. The fraction of sp³-hybridized carbons (Fsp3) is 0.625. The van der Waals surface area contributed by atoms with Crippen molar-refractivity contribution in [3.8, 4) is 0 Å². The molecule has 2 atom stereocenters. The van der Waals surface area contributed by atoms with Crippen LogP contribution in [0.1, 0.15) is 33.1 Å². The van der Waals surface area contributed by atoms with Crippen LogP contribution in [0.25, 0.3) is 0 Å². The van der Waals surface area contributed by atoms with E-state index in [4.69, 9.17) is 9.84 Å². The number of rotatable bonds is 6. The quantitative estimate of drug-likeness (QED) is 0.687. The van der Waals surface area contributed by atoms with E-state index >= 15 is 0 Å². The summed E-state index contributed by atoms with van der Waals surface area (Å²) < 4.78 is 5.30. The third kappa shape index (κ3) is 3.71. The average molecular weight is 261 g/mol. The highest BCUT2D eigenvalue weighted by atomic mass is 16.5. The predicted octanol–water partition coefficient (Wildman–Crippen LogP) is 2.90. The van der Waals surface area contributed by atoms with E-state index in [1.54, 1.807) is 7.11 Å². The first-order valence-corrected chi connectivity index (χ1v) is 7.32. The molecule has 5 radical (unpaired) electrons. The topological polar surface area (TPSA) is 24.8 Å². The zero-order chi connectivity index (χ0) is 13.7. The lowest BCUT2D eigenvalue weighted by Gasteiger charge is -2.26. The van der Waals surface area contributed by atoms with Crippen LogP contribution in [0.5, 0.6) is 0 Å². The van der Waals surface area contributed by atoms with Crippen LogP contribution in [0, 0.1) is 37.5 Å². The molecule has 19 heavy (non-hydrogen) atoms. The smallest absolute Gasteiger partial charge is 0.0704 e. The summed E-state index contributed by atoms with van der Waals surface area (Å²) >= 11 is 0. The van der Waals surface area contributed by atoms with Crippen LogP contribution < -0.4 is 0 Å². The molecule has 105 valence electrons. The molecular weight excluding hydrogens is 236 g/mol. The Kier molecular flexibility index (Phi) is 5.68. The van der Waals surface area contributed by atoms with E-state index in [1.165, 1.54) is 24.5 Å². The molecule has 1 heterocycles. The van der Waals surface area contributed by atoms with Gasteiger partial charge in [-0.25, -0.2) is 0 Å². The van der Waals surface area contributed by atoms with E-state index in [0.717, 1.165) is 19.6 Å². The SMILES string of the molecule is CC[C@@H](C)/C(=N\N1CCC[C@H]1COC)[C]1[CH][CH][CH][CH]1. The second-order valence-electron chi connectivity index (χ2n) is 5.38. The Labute approximate surface area is 118 Å². The molecule has 0 N–H and O–H groups in total. The summed E-state index contributed by atoms with van der Waals surface area (Å²) in [4.78, 5) is 0. The van der Waals surface area contributed by atoms with Gasteiger partial charge >= 0.3 is 0 Å². The number of nitrogens with zero attached hydrogens (tertiary/aromatic N) is 2. The molecule has 0 aromatic rings. The largest absolute Gasteiger partial charge is 0.382 e. The third-order valence-corrected chi connectivity index (χ3v) is 3.98. The molecule has 0 spiro atoms. The molecule has 2 fully saturated rings. The van der Waals surface area contributed by atoms with Crippen molar-refractivity contribution in [3.05, 3.63) is 31.6 Å². The van der Waals surface area contributed by atoms with Gasteiger partial charge in [-0.05, 0) is 50.9 Å². The van der Waals surface area contributed by atoms with Crippen LogP contribution in [0.4, 0.5) is 0 Å². The fourth-order valence-electron chi connectivity index (χ4n) is 2.63. The van der Waals surface area contributed by atoms with Gasteiger partial charge in [0, 0.05) is 25.3 Å². The molecule has 0 aromatic carbocycles. The highest BCUT2D eigenvalue weighted by molar-refractivity contribution is 6.03. The van der Waals surface area contributed by atoms with Gasteiger partial charge in [0.05, 0.1) is 12.6 Å². The number of methoxy groups -OCH3 is 1. The highest BCUT2D eigenvalue weighted by Crippen LogP contribution is 2.30. The van der Waals surface area contributed by atoms with Gasteiger partial charge in [0.15, 0.2) is 0 Å². The van der Waals surface area contributed by atoms with E-state index < -0.39 is 0 Å². The van der Waals surface area contributed by atoms with Crippen molar-refractivity contribution < 1.29 is 4.74 Å². The number of ether oxygens (including phenoxy) is 1. The van der Waals surface area contributed by atoms with Crippen molar-refractivity contribution in [1.29, 1.82) is 0 Å². The summed E-state index contributed by atoms with van der Waals surface area (Å²) in [6, 6.07) is 0.444. The first kappa shape index (κ1) is 14.8. The van der Waals surface area contributed by atoms with Crippen LogP contribution in [-0.2, 0) is 4.74 Å². The van der Waals surface area contributed by atoms with Crippen LogP contribution >= 0.6 is 0 Å². The van der Waals surface area contributed by atoms with Crippen molar-refractivity contribution in [2.45, 2.75) is 39.2 Å². The lowest BCUT2D eigenvalue weighted by molar-refractivity contribution is 0.117. The van der Waals surface area contributed by atoms with Gasteiger partial charge in [-0.3, -0.25) is 5.01 Å². The Hall–Kier alpha value is -0.570. The molecule has 1 saturated heterocycles. The zero-order valence-electron chi connectivity index (χ0n) is 12.3. The van der Waals surface area contributed by atoms with Gasteiger partial charge in [-0.2, -0.15) is 5.10 Å². The van der Waals surface area contributed by atoms with Crippen molar-refractivity contribution in [1.82, 2.24) is 5.01 Å². The van der Waals surface area contributed by atoms with E-state index in [-0.39, 0.29) is 0 Å². The molecule has 1 aliphatic heterocycles. The van der Waals surface area contributed by atoms with Crippen molar-refractivity contribution in [2.75, 3.05) is 20.3 Å². The maximum absolute atomic E-state index is 5.30. The summed E-state index contributed by atoms with van der Waals surface area (Å²) in [6.45, 7) is 6.31. The Morgan fingerprint density at radius 2 is 2.21 bits per heavy atom. The maximum atomic E-state index is 5.30. The minimum absolute atomic E-state index is 0.444. The molecule has 1 aliphatic carbocycles. The standard InChI is InChI=1S/C16H25N2O/c1-4-13(2)16(14-8-5-6-9-14)17-18-11-7-10-15(18)12-19-3/h5-6,8-9,13,15H,4,7,10-12H2,1-3H3/b17-16+/t13-,15+/m1/s1. The van der Waals surface area contributed by atoms with E-state index in [0.29, 0.717) is 12.0 Å². The summed E-state index contributed by atoms with van der Waals surface area (Å²) in [6.07, 6.45) is 12.0. The lowest BCUT2D eigenvalue weighted by Crippen LogP contribution is -2.32. The lowest BCUT2D eigenvalue weighted by atomic mass is 9.90. The second-order valence-corrected chi connectivity index (χ2v) is 5.38. The van der Waals surface area contributed by atoms with E-state index in [2.05, 4.69) is 44.5 Å². The Morgan fingerprint density at radius 3 is 2.84 bits per heavy atom. The molecule has 0 unspecified atom stereocenters. The second kappa shape index (κ2) is 7.28. The number of hydrogen-bond donors (Lipinski definition) is 0. The van der Waals surface area contributed by atoms with Crippen molar-refractivity contribution in [3.63, 3.8) is 0 Å². The normalized spacial score (nSPS) is 27.2. The van der Waals surface area contributed by atoms with Gasteiger partial charge in [-0.1, -0.05) is 13.8 Å². The van der Waals surface area contributed by atoms with Crippen molar-refractivity contribution in [2.24, 2.45) is 11.0 Å². The first-order valence-electron chi connectivity index (χ1n) is 7.32. The zero-order valence-corrected chi connectivity index (χ0v) is 12.3. The van der Waals surface area contributed by atoms with Gasteiger partial charge in [0.1, 0.15) is 0 Å². The van der Waals surface area contributed by atoms with Gasteiger partial charge in [-0.15, -0.1) is 0 Å². The molecule has 1 saturated carbocycles. The van der Waals surface area contributed by atoms with E-state index in [1.807, 2.05) is 0 Å². The summed E-state index contributed by atoms with van der Waals surface area (Å²) in [5.74, 6) is 1.75. The number of hydrazone groups is 1. The van der Waals surface area contributed by atoms with Crippen molar-refractivity contribution >= 4 is 5.71 Å². The fourth-order valence-corrected chi connectivity index (χ4v) is 2.63. The minimum atomic E-state index is 0.444. The van der Waals surface area contributed by atoms with Crippen LogP contribution in [0.2, 0.25) is 0 Å². The molecule has 2 rings (SSSR count). The van der Waals surface area contributed by atoms with Crippen LogP contribution in [0.3, 0.4) is 0 Å². The molecular formula is C16H25N2O. The summed E-state index contributed by atoms with van der Waals surface area (Å²) in [7, 11) is 1.77. The predicted molar refractivity (Wildman–Crippen MR) is 78.9 cm³/mol. The van der Waals surface area contributed by atoms with Gasteiger partial charge in [0.2, 0.25) is 0 Å². The monoisotopic (exact) mass is 261 g/mol. The minimum Gasteiger partial charge on any atom is -0.382 e. The maximum Gasteiger partial charge on any atom is 0.0704 e. The Bertz CT molecular complexity index is 297. The average Bonchev–Trinajstić information content (AvgIpc) is 3.07. The molecule has 0 aromatic heterocycles. The third-order valence-electron chi connectivity index (χ3n) is 3.98. The molecule has 0 bridgehead atoms. The van der Waals surface area contributed by atoms with Gasteiger partial charge in [0.25, 0.3) is 0 Å².